The summed E-state index contributed by atoms with van der Waals surface area (Å²) in [6.07, 6.45) is 7.37. The Bertz CT molecular complexity index is 528. The summed E-state index contributed by atoms with van der Waals surface area (Å²) in [5.41, 5.74) is 0.910. The van der Waals surface area contributed by atoms with E-state index in [-0.39, 0.29) is 5.82 Å². The first kappa shape index (κ1) is 15.5. The number of halogens is 1. The van der Waals surface area contributed by atoms with Gasteiger partial charge in [-0.25, -0.2) is 9.37 Å². The molecule has 21 heavy (non-hydrogen) atoms. The highest BCUT2D eigenvalue weighted by Gasteiger charge is 2.02. The average Bonchev–Trinajstić information content (AvgIpc) is 2.97. The summed E-state index contributed by atoms with van der Waals surface area (Å²) in [5.74, 6) is 0.337. The van der Waals surface area contributed by atoms with Gasteiger partial charge in [-0.1, -0.05) is 6.92 Å². The topological polar surface area (TPSA) is 39.1 Å². The van der Waals surface area contributed by atoms with Crippen LogP contribution in [0.4, 0.5) is 4.39 Å². The van der Waals surface area contributed by atoms with Crippen LogP contribution in [-0.2, 0) is 13.1 Å². The van der Waals surface area contributed by atoms with Crippen LogP contribution in [-0.4, -0.2) is 22.7 Å². The van der Waals surface area contributed by atoms with Gasteiger partial charge in [0.25, 0.3) is 0 Å². The van der Waals surface area contributed by atoms with Crippen molar-refractivity contribution in [2.45, 2.75) is 32.9 Å². The number of hydrogen-bond acceptors (Lipinski definition) is 3. The molecule has 0 atom stereocenters. The maximum Gasteiger partial charge on any atom is 0.127 e. The van der Waals surface area contributed by atoms with E-state index in [2.05, 4.69) is 17.2 Å². The van der Waals surface area contributed by atoms with Crippen molar-refractivity contribution in [1.82, 2.24) is 14.9 Å². The Labute approximate surface area is 125 Å². The van der Waals surface area contributed by atoms with Gasteiger partial charge >= 0.3 is 0 Å². The molecule has 0 aliphatic carbocycles. The molecule has 1 aromatic carbocycles. The quantitative estimate of drug-likeness (QED) is 0.722. The first-order chi connectivity index (χ1) is 10.3. The lowest BCUT2D eigenvalue weighted by molar-refractivity contribution is 0.300. The van der Waals surface area contributed by atoms with Gasteiger partial charge in [0.1, 0.15) is 11.6 Å². The van der Waals surface area contributed by atoms with E-state index in [1.54, 1.807) is 18.6 Å². The zero-order valence-corrected chi connectivity index (χ0v) is 12.4. The van der Waals surface area contributed by atoms with E-state index in [4.69, 9.17) is 4.74 Å². The number of rotatable bonds is 9. The van der Waals surface area contributed by atoms with Crippen LogP contribution in [0, 0.1) is 5.82 Å². The van der Waals surface area contributed by atoms with E-state index in [1.165, 1.54) is 6.07 Å². The SMILES string of the molecule is CCCNCc1cc(F)cc(OCCCn2ccnc2)c1. The van der Waals surface area contributed by atoms with Crippen LogP contribution in [0.5, 0.6) is 5.75 Å². The predicted molar refractivity (Wildman–Crippen MR) is 80.7 cm³/mol. The molecule has 114 valence electrons. The van der Waals surface area contributed by atoms with Crippen molar-refractivity contribution in [3.63, 3.8) is 0 Å². The van der Waals surface area contributed by atoms with E-state index in [9.17, 15) is 4.39 Å². The van der Waals surface area contributed by atoms with Crippen molar-refractivity contribution < 1.29 is 9.13 Å². The molecule has 2 aromatic rings. The van der Waals surface area contributed by atoms with Crippen molar-refractivity contribution in [3.8, 4) is 5.75 Å². The molecule has 5 heteroatoms. The van der Waals surface area contributed by atoms with Crippen LogP contribution in [0.1, 0.15) is 25.3 Å². The number of aromatic nitrogens is 2. The molecule has 0 radical (unpaired) electrons. The lowest BCUT2D eigenvalue weighted by atomic mass is 10.2. The fourth-order valence-electron chi connectivity index (χ4n) is 2.07. The molecule has 0 unspecified atom stereocenters. The first-order valence-electron chi connectivity index (χ1n) is 7.36. The average molecular weight is 291 g/mol. The smallest absolute Gasteiger partial charge is 0.127 e. The van der Waals surface area contributed by atoms with E-state index in [0.717, 1.165) is 31.5 Å². The number of hydrogen-bond donors (Lipinski definition) is 1. The minimum Gasteiger partial charge on any atom is -0.493 e. The summed E-state index contributed by atoms with van der Waals surface area (Å²) < 4.78 is 21.2. The van der Waals surface area contributed by atoms with Gasteiger partial charge in [-0.15, -0.1) is 0 Å². The van der Waals surface area contributed by atoms with Gasteiger partial charge < -0.3 is 14.6 Å². The Hall–Kier alpha value is -1.88. The minimum absolute atomic E-state index is 0.254. The Morgan fingerprint density at radius 2 is 2.24 bits per heavy atom. The highest BCUT2D eigenvalue weighted by molar-refractivity contribution is 5.29. The molecule has 0 amide bonds. The second kappa shape index (κ2) is 8.42. The van der Waals surface area contributed by atoms with Crippen LogP contribution in [0.3, 0.4) is 0 Å². The van der Waals surface area contributed by atoms with Gasteiger partial charge in [0.2, 0.25) is 0 Å². The fourth-order valence-corrected chi connectivity index (χ4v) is 2.07. The maximum absolute atomic E-state index is 13.5. The van der Waals surface area contributed by atoms with Gasteiger partial charge in [-0.2, -0.15) is 0 Å². The zero-order chi connectivity index (χ0) is 14.9. The molecule has 1 aromatic heterocycles. The highest BCUT2D eigenvalue weighted by Crippen LogP contribution is 2.16. The fraction of sp³-hybridized carbons (Fsp3) is 0.438. The molecule has 2 rings (SSSR count). The van der Waals surface area contributed by atoms with Crippen molar-refractivity contribution in [2.24, 2.45) is 0 Å². The number of aryl methyl sites for hydroxylation is 1. The molecule has 0 aliphatic rings. The third kappa shape index (κ3) is 5.55. The largest absolute Gasteiger partial charge is 0.493 e. The second-order valence-corrected chi connectivity index (χ2v) is 4.97. The van der Waals surface area contributed by atoms with Crippen molar-refractivity contribution in [2.75, 3.05) is 13.2 Å². The summed E-state index contributed by atoms with van der Waals surface area (Å²) in [4.78, 5) is 3.98. The summed E-state index contributed by atoms with van der Waals surface area (Å²) in [6.45, 7) is 5.10. The molecule has 1 N–H and O–H groups in total. The van der Waals surface area contributed by atoms with Crippen LogP contribution in [0.15, 0.2) is 36.9 Å². The Balaban J connectivity index is 1.78. The van der Waals surface area contributed by atoms with Gasteiger partial charge in [0.15, 0.2) is 0 Å². The van der Waals surface area contributed by atoms with Crippen LogP contribution in [0.2, 0.25) is 0 Å². The molecule has 0 saturated heterocycles. The van der Waals surface area contributed by atoms with Crippen LogP contribution in [0.25, 0.3) is 0 Å². The van der Waals surface area contributed by atoms with E-state index >= 15 is 0 Å². The number of nitrogens with zero attached hydrogens (tertiary/aromatic N) is 2. The maximum atomic E-state index is 13.5. The third-order valence-electron chi connectivity index (χ3n) is 3.08. The molecule has 1 heterocycles. The second-order valence-electron chi connectivity index (χ2n) is 4.97. The van der Waals surface area contributed by atoms with Gasteiger partial charge in [0.05, 0.1) is 12.9 Å². The normalized spacial score (nSPS) is 10.8. The summed E-state index contributed by atoms with van der Waals surface area (Å²) in [5, 5.41) is 3.26. The molecular weight excluding hydrogens is 269 g/mol. The molecular formula is C16H22FN3O. The number of imidazole rings is 1. The molecule has 0 saturated carbocycles. The van der Waals surface area contributed by atoms with Crippen molar-refractivity contribution >= 4 is 0 Å². The molecule has 0 fully saturated rings. The third-order valence-corrected chi connectivity index (χ3v) is 3.08. The zero-order valence-electron chi connectivity index (χ0n) is 12.4. The molecule has 0 aliphatic heterocycles. The number of nitrogens with one attached hydrogen (secondary N) is 1. The van der Waals surface area contributed by atoms with Crippen LogP contribution < -0.4 is 10.1 Å². The highest BCUT2D eigenvalue weighted by atomic mass is 19.1. The molecule has 0 spiro atoms. The Kier molecular flexibility index (Phi) is 6.22. The van der Waals surface area contributed by atoms with Crippen LogP contribution >= 0.6 is 0 Å². The summed E-state index contributed by atoms with van der Waals surface area (Å²) in [6, 6.07) is 4.87. The lowest BCUT2D eigenvalue weighted by Gasteiger charge is -2.09. The number of benzene rings is 1. The van der Waals surface area contributed by atoms with Gasteiger partial charge in [-0.3, -0.25) is 0 Å². The van der Waals surface area contributed by atoms with Gasteiger partial charge in [0, 0.05) is 31.5 Å². The predicted octanol–water partition coefficient (Wildman–Crippen LogP) is 2.99. The first-order valence-corrected chi connectivity index (χ1v) is 7.36. The van der Waals surface area contributed by atoms with E-state index < -0.39 is 0 Å². The summed E-state index contributed by atoms with van der Waals surface area (Å²) >= 11 is 0. The van der Waals surface area contributed by atoms with E-state index in [1.807, 2.05) is 16.8 Å². The van der Waals surface area contributed by atoms with Gasteiger partial charge in [-0.05, 0) is 37.1 Å². The summed E-state index contributed by atoms with van der Waals surface area (Å²) in [7, 11) is 0. The Morgan fingerprint density at radius 3 is 3.00 bits per heavy atom. The molecule has 4 nitrogen and oxygen atoms in total. The molecule has 0 bridgehead atoms. The standard InChI is InChI=1S/C16H22FN3O/c1-2-4-18-12-14-9-15(17)11-16(10-14)21-8-3-6-20-7-5-19-13-20/h5,7,9-11,13,18H,2-4,6,8,12H2,1H3. The Morgan fingerprint density at radius 1 is 1.33 bits per heavy atom. The monoisotopic (exact) mass is 291 g/mol. The van der Waals surface area contributed by atoms with Crippen molar-refractivity contribution in [3.05, 3.63) is 48.3 Å². The number of ether oxygens (including phenoxy) is 1. The lowest BCUT2D eigenvalue weighted by Crippen LogP contribution is -2.14. The van der Waals surface area contributed by atoms with Crippen molar-refractivity contribution in [1.29, 1.82) is 0 Å². The van der Waals surface area contributed by atoms with E-state index in [0.29, 0.717) is 18.9 Å². The minimum atomic E-state index is -0.254.